The van der Waals surface area contributed by atoms with Crippen molar-refractivity contribution in [2.45, 2.75) is 53.2 Å². The molecule has 1 unspecified atom stereocenters. The fourth-order valence-electron chi connectivity index (χ4n) is 2.74. The van der Waals surface area contributed by atoms with Crippen molar-refractivity contribution in [1.29, 1.82) is 0 Å². The molecule has 0 aliphatic rings. The van der Waals surface area contributed by atoms with Crippen LogP contribution in [0, 0.1) is 19.8 Å². The third kappa shape index (κ3) is 4.87. The number of aliphatic carboxylic acids is 1. The summed E-state index contributed by atoms with van der Waals surface area (Å²) in [7, 11) is 0. The van der Waals surface area contributed by atoms with E-state index in [2.05, 4.69) is 5.32 Å². The number of ether oxygens (including phenoxy) is 1. The minimum atomic E-state index is -1.08. The van der Waals surface area contributed by atoms with E-state index in [1.54, 1.807) is 25.1 Å². The van der Waals surface area contributed by atoms with E-state index in [0.29, 0.717) is 23.3 Å². The SMILES string of the molecule is Cc1c(C)c2ccc(OC(C)C(=O)N[C@H](CC(C)C)C(=O)O)cc2oc1=O. The highest BCUT2D eigenvalue weighted by molar-refractivity contribution is 5.86. The maximum atomic E-state index is 12.3. The predicted octanol–water partition coefficient (Wildman–Crippen LogP) is 2.79. The number of fused-ring (bicyclic) bond motifs is 1. The lowest BCUT2D eigenvalue weighted by molar-refractivity contribution is -0.143. The van der Waals surface area contributed by atoms with E-state index in [1.807, 2.05) is 20.8 Å². The quantitative estimate of drug-likeness (QED) is 0.721. The zero-order valence-electron chi connectivity index (χ0n) is 16.2. The molecule has 2 N–H and O–H groups in total. The van der Waals surface area contributed by atoms with Gasteiger partial charge in [0.2, 0.25) is 0 Å². The van der Waals surface area contributed by atoms with Gasteiger partial charge in [-0.05, 0) is 50.8 Å². The van der Waals surface area contributed by atoms with Gasteiger partial charge in [-0.3, -0.25) is 4.79 Å². The molecule has 1 aromatic carbocycles. The number of hydrogen-bond acceptors (Lipinski definition) is 5. The monoisotopic (exact) mass is 375 g/mol. The van der Waals surface area contributed by atoms with Crippen LogP contribution in [0.1, 0.15) is 38.3 Å². The number of aryl methyl sites for hydroxylation is 1. The number of carbonyl (C=O) groups excluding carboxylic acids is 1. The van der Waals surface area contributed by atoms with E-state index >= 15 is 0 Å². The summed E-state index contributed by atoms with van der Waals surface area (Å²) in [5.74, 6) is -1.13. The first-order chi connectivity index (χ1) is 12.6. The number of carboxylic acids is 1. The molecule has 7 heteroatoms. The largest absolute Gasteiger partial charge is 0.481 e. The molecule has 27 heavy (non-hydrogen) atoms. The Bertz CT molecular complexity index is 915. The Morgan fingerprint density at radius 3 is 2.44 bits per heavy atom. The number of carboxylic acid groups (broad SMARTS) is 1. The van der Waals surface area contributed by atoms with Gasteiger partial charge in [0.25, 0.3) is 5.91 Å². The highest BCUT2D eigenvalue weighted by atomic mass is 16.5. The molecular formula is C20H25NO6. The second-order valence-corrected chi connectivity index (χ2v) is 7.09. The number of nitrogens with one attached hydrogen (secondary N) is 1. The summed E-state index contributed by atoms with van der Waals surface area (Å²) in [4.78, 5) is 35.4. The van der Waals surface area contributed by atoms with Gasteiger partial charge < -0.3 is 19.6 Å². The Morgan fingerprint density at radius 1 is 1.19 bits per heavy atom. The highest BCUT2D eigenvalue weighted by Crippen LogP contribution is 2.24. The van der Waals surface area contributed by atoms with E-state index in [1.165, 1.54) is 6.92 Å². The van der Waals surface area contributed by atoms with Gasteiger partial charge in [0.1, 0.15) is 17.4 Å². The summed E-state index contributed by atoms with van der Waals surface area (Å²) < 4.78 is 10.9. The molecule has 0 aliphatic heterocycles. The molecule has 2 aromatic rings. The molecular weight excluding hydrogens is 350 g/mol. The lowest BCUT2D eigenvalue weighted by Crippen LogP contribution is -2.46. The summed E-state index contributed by atoms with van der Waals surface area (Å²) in [5, 5.41) is 12.5. The Balaban J connectivity index is 2.16. The van der Waals surface area contributed by atoms with Crippen LogP contribution in [0.4, 0.5) is 0 Å². The second kappa shape index (κ2) is 8.24. The summed E-state index contributed by atoms with van der Waals surface area (Å²) in [6.07, 6.45) is -0.581. The molecule has 0 radical (unpaired) electrons. The van der Waals surface area contributed by atoms with Crippen LogP contribution in [0.15, 0.2) is 27.4 Å². The van der Waals surface area contributed by atoms with Gasteiger partial charge in [-0.2, -0.15) is 0 Å². The molecule has 0 spiro atoms. The Hall–Kier alpha value is -2.83. The van der Waals surface area contributed by atoms with Crippen LogP contribution >= 0.6 is 0 Å². The molecule has 2 atom stereocenters. The fraction of sp³-hybridized carbons (Fsp3) is 0.450. The van der Waals surface area contributed by atoms with E-state index in [9.17, 15) is 19.5 Å². The molecule has 2 rings (SSSR count). The van der Waals surface area contributed by atoms with Crippen LogP contribution in [0.3, 0.4) is 0 Å². The Labute approximate surface area is 157 Å². The van der Waals surface area contributed by atoms with Crippen molar-refractivity contribution in [3.8, 4) is 5.75 Å². The maximum absolute atomic E-state index is 12.3. The average Bonchev–Trinajstić information content (AvgIpc) is 2.58. The summed E-state index contributed by atoms with van der Waals surface area (Å²) >= 11 is 0. The van der Waals surface area contributed by atoms with E-state index in [-0.39, 0.29) is 5.92 Å². The van der Waals surface area contributed by atoms with Crippen LogP contribution < -0.4 is 15.7 Å². The van der Waals surface area contributed by atoms with Crippen molar-refractivity contribution in [3.63, 3.8) is 0 Å². The van der Waals surface area contributed by atoms with Crippen molar-refractivity contribution >= 4 is 22.8 Å². The topological polar surface area (TPSA) is 106 Å². The number of carbonyl (C=O) groups is 2. The first kappa shape index (κ1) is 20.5. The van der Waals surface area contributed by atoms with Crippen LogP contribution in [0.2, 0.25) is 0 Å². The van der Waals surface area contributed by atoms with E-state index in [4.69, 9.17) is 9.15 Å². The first-order valence-corrected chi connectivity index (χ1v) is 8.84. The van der Waals surface area contributed by atoms with E-state index in [0.717, 1.165) is 10.9 Å². The third-order valence-electron chi connectivity index (χ3n) is 4.43. The van der Waals surface area contributed by atoms with Crippen molar-refractivity contribution in [1.82, 2.24) is 5.32 Å². The molecule has 0 aliphatic carbocycles. The number of rotatable bonds is 7. The molecule has 0 fully saturated rings. The molecule has 1 amide bonds. The van der Waals surface area contributed by atoms with Gasteiger partial charge in [-0.25, -0.2) is 9.59 Å². The van der Waals surface area contributed by atoms with Crippen molar-refractivity contribution in [2.24, 2.45) is 5.92 Å². The molecule has 1 heterocycles. The third-order valence-corrected chi connectivity index (χ3v) is 4.43. The van der Waals surface area contributed by atoms with Crippen molar-refractivity contribution in [3.05, 3.63) is 39.7 Å². The van der Waals surface area contributed by atoms with Gasteiger partial charge >= 0.3 is 11.6 Å². The number of hydrogen-bond donors (Lipinski definition) is 2. The average molecular weight is 375 g/mol. The lowest BCUT2D eigenvalue weighted by Gasteiger charge is -2.20. The molecule has 7 nitrogen and oxygen atoms in total. The van der Waals surface area contributed by atoms with Crippen molar-refractivity contribution in [2.75, 3.05) is 0 Å². The lowest BCUT2D eigenvalue weighted by atomic mass is 10.0. The summed E-state index contributed by atoms with van der Waals surface area (Å²) in [5.41, 5.74) is 1.34. The van der Waals surface area contributed by atoms with Crippen LogP contribution in [-0.4, -0.2) is 29.1 Å². The van der Waals surface area contributed by atoms with Crippen LogP contribution in [-0.2, 0) is 9.59 Å². The van der Waals surface area contributed by atoms with Crippen LogP contribution in [0.25, 0.3) is 11.0 Å². The highest BCUT2D eigenvalue weighted by Gasteiger charge is 2.24. The molecule has 0 bridgehead atoms. The van der Waals surface area contributed by atoms with Gasteiger partial charge in [-0.1, -0.05) is 13.8 Å². The maximum Gasteiger partial charge on any atom is 0.339 e. The minimum absolute atomic E-state index is 0.123. The van der Waals surface area contributed by atoms with Gasteiger partial charge in [0, 0.05) is 17.0 Å². The number of benzene rings is 1. The normalized spacial score (nSPS) is 13.4. The number of amides is 1. The summed E-state index contributed by atoms with van der Waals surface area (Å²) in [6, 6.07) is 4.03. The fourth-order valence-corrected chi connectivity index (χ4v) is 2.74. The molecule has 0 saturated carbocycles. The van der Waals surface area contributed by atoms with Gasteiger partial charge in [-0.15, -0.1) is 0 Å². The zero-order valence-corrected chi connectivity index (χ0v) is 16.2. The van der Waals surface area contributed by atoms with E-state index < -0.39 is 29.6 Å². The minimum Gasteiger partial charge on any atom is -0.481 e. The zero-order chi connectivity index (χ0) is 20.3. The van der Waals surface area contributed by atoms with Crippen LogP contribution in [0.5, 0.6) is 5.75 Å². The first-order valence-electron chi connectivity index (χ1n) is 8.84. The molecule has 0 saturated heterocycles. The van der Waals surface area contributed by atoms with Gasteiger partial charge in [0.15, 0.2) is 6.10 Å². The molecule has 1 aromatic heterocycles. The predicted molar refractivity (Wildman–Crippen MR) is 101 cm³/mol. The van der Waals surface area contributed by atoms with Gasteiger partial charge in [0.05, 0.1) is 0 Å². The standard InChI is InChI=1S/C20H25NO6/c1-10(2)8-16(19(23)24)21-18(22)13(5)26-14-6-7-15-11(3)12(4)20(25)27-17(15)9-14/h6-7,9-10,13,16H,8H2,1-5H3,(H,21,22)(H,23,24)/t13?,16-/m1/s1. The second-order valence-electron chi connectivity index (χ2n) is 7.09. The summed E-state index contributed by atoms with van der Waals surface area (Å²) in [6.45, 7) is 8.84. The smallest absolute Gasteiger partial charge is 0.339 e. The Morgan fingerprint density at radius 2 is 1.85 bits per heavy atom. The molecule has 146 valence electrons. The van der Waals surface area contributed by atoms with Crippen molar-refractivity contribution < 1.29 is 23.8 Å². The Kier molecular flexibility index (Phi) is 6.25.